The van der Waals surface area contributed by atoms with Crippen molar-refractivity contribution in [3.63, 3.8) is 0 Å². The molecule has 4 aromatic carbocycles. The van der Waals surface area contributed by atoms with Gasteiger partial charge in [0.05, 0.1) is 5.48 Å². The van der Waals surface area contributed by atoms with Gasteiger partial charge in [-0.2, -0.15) is 12.1 Å². The first-order valence-electron chi connectivity index (χ1n) is 16.9. The number of hydrogen-bond donors (Lipinski definition) is 0. The molecule has 0 bridgehead atoms. The summed E-state index contributed by atoms with van der Waals surface area (Å²) in [6, 6.07) is 27.3. The van der Waals surface area contributed by atoms with E-state index in [0.717, 1.165) is 39.7 Å². The van der Waals surface area contributed by atoms with Crippen LogP contribution in [0.2, 0.25) is 0 Å². The molecule has 7 aromatic rings. The minimum atomic E-state index is -0.305. The second-order valence-corrected chi connectivity index (χ2v) is 12.3. The Morgan fingerprint density at radius 3 is 2.54 bits per heavy atom. The third-order valence-corrected chi connectivity index (χ3v) is 8.38. The first-order chi connectivity index (χ1) is 23.4. The topological polar surface area (TPSA) is 48.1 Å². The summed E-state index contributed by atoms with van der Waals surface area (Å²) >= 11 is 0. The van der Waals surface area contributed by atoms with E-state index in [9.17, 15) is 0 Å². The normalized spacial score (nSPS) is 13.6. The Morgan fingerprint density at radius 2 is 1.70 bits per heavy atom. The molecule has 0 radical (unpaired) electrons. The number of rotatable bonds is 4. The van der Waals surface area contributed by atoms with E-state index in [1.807, 2.05) is 62.1 Å². The molecule has 0 unspecified atom stereocenters. The molecule has 4 heterocycles. The number of nitrogens with zero attached hydrogens (tertiary/aromatic N) is 5. The van der Waals surface area contributed by atoms with Crippen LogP contribution >= 0.6 is 0 Å². The summed E-state index contributed by atoms with van der Waals surface area (Å²) in [6.45, 7) is 12.4. The van der Waals surface area contributed by atoms with Crippen LogP contribution in [0.1, 0.15) is 43.2 Å². The molecule has 1 aliphatic heterocycles. The molecule has 0 spiro atoms. The van der Waals surface area contributed by atoms with E-state index in [1.54, 1.807) is 16.8 Å². The number of aryl methyl sites for hydroxylation is 1. The van der Waals surface area contributed by atoms with Crippen molar-refractivity contribution < 1.29 is 31.3 Å². The van der Waals surface area contributed by atoms with Crippen molar-refractivity contribution in [2.45, 2.75) is 40.0 Å². The SMILES string of the molecule is [2H]c1c([2H])c([2H])c2c(c1[2H])c1ccc(Oc3[c-]c(N4[CH-]n5c(nc(C)c5C)-c5ccccc54)ccc3)[c-]c1n2-c1cc(C(C)(C)C)ccn1.[Pt]. The molecule has 8 rings (SSSR count). The molecular weight excluding hydrogens is 750 g/mol. The van der Waals surface area contributed by atoms with E-state index in [1.165, 1.54) is 0 Å². The summed E-state index contributed by atoms with van der Waals surface area (Å²) in [7, 11) is 0. The number of ether oxygens (including phenoxy) is 1. The largest absolute Gasteiger partial charge is 0.509 e. The standard InChI is InChI=1S/C39H32N5O.Pt/c1-25-26(2)42-24-43(34-15-8-7-14-33(34)38(42)41-25)28-11-10-12-29(22-28)45-30-17-18-32-31-13-6-9-16-35(31)44(36(32)23-30)37-21-27(19-20-40-37)39(3,4)5;/h6-21,24H,1-5H3;/q-3;/i6D,9D,13D,16D;. The fraction of sp³-hybridized carbons (Fsp3) is 0.154. The molecule has 46 heavy (non-hydrogen) atoms. The van der Waals surface area contributed by atoms with Gasteiger partial charge in [-0.25, -0.2) is 4.98 Å². The van der Waals surface area contributed by atoms with Gasteiger partial charge in [-0.05, 0) is 65.5 Å². The average molecular weight is 786 g/mol. The van der Waals surface area contributed by atoms with E-state index < -0.39 is 0 Å². The van der Waals surface area contributed by atoms with Gasteiger partial charge >= 0.3 is 0 Å². The maximum absolute atomic E-state index is 8.89. The van der Waals surface area contributed by atoms with Gasteiger partial charge in [0, 0.05) is 55.8 Å². The van der Waals surface area contributed by atoms with Crippen LogP contribution in [0.5, 0.6) is 11.5 Å². The van der Waals surface area contributed by atoms with Crippen LogP contribution in [0.3, 0.4) is 0 Å². The smallest absolute Gasteiger partial charge is 0.135 e. The Morgan fingerprint density at radius 1 is 0.891 bits per heavy atom. The number of pyridine rings is 1. The molecule has 0 N–H and O–H groups in total. The van der Waals surface area contributed by atoms with Crippen LogP contribution in [-0.4, -0.2) is 19.1 Å². The fourth-order valence-corrected chi connectivity index (χ4v) is 5.87. The van der Waals surface area contributed by atoms with Crippen molar-refractivity contribution in [2.75, 3.05) is 4.90 Å². The van der Waals surface area contributed by atoms with Crippen molar-refractivity contribution in [1.82, 2.24) is 19.1 Å². The van der Waals surface area contributed by atoms with E-state index in [2.05, 4.69) is 66.4 Å². The summed E-state index contributed by atoms with van der Waals surface area (Å²) in [5.41, 5.74) is 6.56. The number of imidazole rings is 1. The van der Waals surface area contributed by atoms with Crippen molar-refractivity contribution >= 4 is 33.2 Å². The number of para-hydroxylation sites is 2. The number of fused-ring (bicyclic) bond motifs is 6. The molecule has 0 saturated carbocycles. The summed E-state index contributed by atoms with van der Waals surface area (Å²) in [4.78, 5) is 11.6. The first kappa shape index (κ1) is 25.4. The third kappa shape index (κ3) is 4.89. The zero-order chi connectivity index (χ0) is 34.4. The van der Waals surface area contributed by atoms with Crippen LogP contribution < -0.4 is 9.64 Å². The van der Waals surface area contributed by atoms with Crippen molar-refractivity contribution in [2.24, 2.45) is 0 Å². The van der Waals surface area contributed by atoms with E-state index in [-0.39, 0.29) is 50.6 Å². The Bertz CT molecular complexity index is 2480. The van der Waals surface area contributed by atoms with Gasteiger partial charge in [-0.15, -0.1) is 35.7 Å². The number of aromatic nitrogens is 4. The first-order valence-corrected chi connectivity index (χ1v) is 14.9. The van der Waals surface area contributed by atoms with Crippen molar-refractivity contribution in [1.29, 1.82) is 0 Å². The molecular formula is C39H32N5OPt-3. The fourth-order valence-electron chi connectivity index (χ4n) is 5.87. The van der Waals surface area contributed by atoms with Crippen LogP contribution in [0, 0.1) is 32.6 Å². The van der Waals surface area contributed by atoms with Crippen molar-refractivity contribution in [3.8, 4) is 28.7 Å². The molecule has 6 nitrogen and oxygen atoms in total. The molecule has 232 valence electrons. The van der Waals surface area contributed by atoms with Crippen LogP contribution in [-0.2, 0) is 26.5 Å². The summed E-state index contributed by atoms with van der Waals surface area (Å²) in [6.07, 6.45) is 1.73. The van der Waals surface area contributed by atoms with Crippen LogP contribution in [0.15, 0.2) is 97.1 Å². The van der Waals surface area contributed by atoms with E-state index in [4.69, 9.17) is 15.2 Å². The second-order valence-electron chi connectivity index (χ2n) is 12.3. The molecule has 0 atom stereocenters. The van der Waals surface area contributed by atoms with Gasteiger partial charge in [0.1, 0.15) is 5.82 Å². The van der Waals surface area contributed by atoms with E-state index in [0.29, 0.717) is 39.1 Å². The minimum absolute atomic E-state index is 0. The van der Waals surface area contributed by atoms with Gasteiger partial charge in [-0.3, -0.25) is 0 Å². The van der Waals surface area contributed by atoms with Crippen LogP contribution in [0.4, 0.5) is 11.4 Å². The maximum Gasteiger partial charge on any atom is 0.135 e. The zero-order valence-electron chi connectivity index (χ0n) is 30.0. The molecule has 0 fully saturated rings. The molecule has 1 aliphatic rings. The van der Waals surface area contributed by atoms with Gasteiger partial charge in [0.25, 0.3) is 0 Å². The van der Waals surface area contributed by atoms with Gasteiger partial charge in [-0.1, -0.05) is 80.9 Å². The predicted octanol–water partition coefficient (Wildman–Crippen LogP) is 9.47. The molecule has 3 aromatic heterocycles. The summed E-state index contributed by atoms with van der Waals surface area (Å²) < 4.78 is 44.8. The minimum Gasteiger partial charge on any atom is -0.509 e. The maximum atomic E-state index is 8.89. The van der Waals surface area contributed by atoms with E-state index >= 15 is 0 Å². The Kier molecular flexibility index (Phi) is 6.19. The third-order valence-electron chi connectivity index (χ3n) is 8.38. The molecule has 0 aliphatic carbocycles. The number of anilines is 2. The quantitative estimate of drug-likeness (QED) is 0.167. The summed E-state index contributed by atoms with van der Waals surface area (Å²) in [5, 5.41) is 1.03. The molecule has 0 amide bonds. The number of benzene rings is 4. The van der Waals surface area contributed by atoms with Crippen LogP contribution in [0.25, 0.3) is 39.0 Å². The Hall–Kier alpha value is -4.80. The monoisotopic (exact) mass is 785 g/mol. The predicted molar refractivity (Wildman–Crippen MR) is 180 cm³/mol. The zero-order valence-corrected chi connectivity index (χ0v) is 28.2. The molecule has 7 heteroatoms. The molecule has 0 saturated heterocycles. The van der Waals surface area contributed by atoms with Gasteiger partial charge in [0.15, 0.2) is 0 Å². The van der Waals surface area contributed by atoms with Gasteiger partial charge < -0.3 is 23.8 Å². The number of hydrogen-bond acceptors (Lipinski definition) is 4. The Balaban J connectivity index is 0.00000392. The Labute approximate surface area is 289 Å². The average Bonchev–Trinajstić information content (AvgIpc) is 3.59. The van der Waals surface area contributed by atoms with Gasteiger partial charge in [0.2, 0.25) is 0 Å². The summed E-state index contributed by atoms with van der Waals surface area (Å²) in [5.74, 6) is 2.31. The van der Waals surface area contributed by atoms with Crippen molar-refractivity contribution in [3.05, 3.63) is 133 Å². The second kappa shape index (κ2) is 11.2.